The minimum absolute atomic E-state index is 0.425. The van der Waals surface area contributed by atoms with E-state index < -0.39 is 12.0 Å². The van der Waals surface area contributed by atoms with Crippen molar-refractivity contribution in [2.75, 3.05) is 13.1 Å². The van der Waals surface area contributed by atoms with Crippen molar-refractivity contribution in [3.05, 3.63) is 21.9 Å². The Morgan fingerprint density at radius 2 is 2.13 bits per heavy atom. The van der Waals surface area contributed by atoms with Gasteiger partial charge in [0.1, 0.15) is 6.04 Å². The van der Waals surface area contributed by atoms with Gasteiger partial charge in [-0.1, -0.05) is 0 Å². The van der Waals surface area contributed by atoms with Gasteiger partial charge in [0, 0.05) is 9.75 Å². The predicted octanol–water partition coefficient (Wildman–Crippen LogP) is 2.28. The number of hydrogen-bond acceptors (Lipinski definition) is 3. The number of likely N-dealkylation sites (tertiary alicyclic amines) is 1. The van der Waals surface area contributed by atoms with E-state index in [0.29, 0.717) is 0 Å². The van der Waals surface area contributed by atoms with Gasteiger partial charge in [0.05, 0.1) is 0 Å². The minimum Gasteiger partial charge on any atom is -0.480 e. The van der Waals surface area contributed by atoms with Crippen molar-refractivity contribution >= 4 is 17.3 Å². The van der Waals surface area contributed by atoms with E-state index >= 15 is 0 Å². The molecule has 1 fully saturated rings. The van der Waals surface area contributed by atoms with Crippen molar-refractivity contribution < 1.29 is 9.90 Å². The Hall–Kier alpha value is -0.870. The minimum atomic E-state index is -0.723. The van der Waals surface area contributed by atoms with Crippen LogP contribution in [0.1, 0.15) is 28.6 Å². The molecular formula is C11H15NO2S. The first-order chi connectivity index (χ1) is 7.18. The van der Waals surface area contributed by atoms with Crippen LogP contribution in [0.4, 0.5) is 0 Å². The van der Waals surface area contributed by atoms with Gasteiger partial charge in [-0.25, -0.2) is 0 Å². The van der Waals surface area contributed by atoms with E-state index in [1.165, 1.54) is 4.88 Å². The summed E-state index contributed by atoms with van der Waals surface area (Å²) in [6.07, 6.45) is 2.24. The highest BCUT2D eigenvalue weighted by molar-refractivity contribution is 7.12. The largest absolute Gasteiger partial charge is 0.480 e. The molecule has 15 heavy (non-hydrogen) atoms. The maximum Gasteiger partial charge on any atom is 0.326 e. The monoisotopic (exact) mass is 225 g/mol. The zero-order valence-electron chi connectivity index (χ0n) is 8.77. The highest BCUT2D eigenvalue weighted by Gasteiger charge is 2.30. The lowest BCUT2D eigenvalue weighted by Crippen LogP contribution is -2.31. The molecule has 0 spiro atoms. The summed E-state index contributed by atoms with van der Waals surface area (Å²) in [7, 11) is 0. The van der Waals surface area contributed by atoms with Crippen molar-refractivity contribution in [3.8, 4) is 0 Å². The molecule has 1 saturated heterocycles. The summed E-state index contributed by atoms with van der Waals surface area (Å²) >= 11 is 1.59. The fourth-order valence-corrected chi connectivity index (χ4v) is 3.06. The summed E-state index contributed by atoms with van der Waals surface area (Å²) < 4.78 is 0. The van der Waals surface area contributed by atoms with E-state index in [-0.39, 0.29) is 0 Å². The average molecular weight is 225 g/mol. The van der Waals surface area contributed by atoms with Gasteiger partial charge in [-0.15, -0.1) is 11.3 Å². The maximum atomic E-state index is 11.3. The second kappa shape index (κ2) is 4.33. The lowest BCUT2D eigenvalue weighted by atomic mass is 10.2. The number of nitrogens with zero attached hydrogens (tertiary/aromatic N) is 1. The van der Waals surface area contributed by atoms with Gasteiger partial charge in [0.15, 0.2) is 0 Å². The third-order valence-corrected chi connectivity index (χ3v) is 3.82. The molecule has 82 valence electrons. The fraction of sp³-hybridized carbons (Fsp3) is 0.545. The Balaban J connectivity index is 2.22. The summed E-state index contributed by atoms with van der Waals surface area (Å²) in [4.78, 5) is 15.5. The van der Waals surface area contributed by atoms with Crippen molar-refractivity contribution in [2.45, 2.75) is 25.8 Å². The Morgan fingerprint density at radius 1 is 1.47 bits per heavy atom. The third kappa shape index (κ3) is 2.21. The lowest BCUT2D eigenvalue weighted by Gasteiger charge is -2.22. The van der Waals surface area contributed by atoms with Gasteiger partial charge in [0.25, 0.3) is 0 Å². The van der Waals surface area contributed by atoms with Crippen molar-refractivity contribution in [1.29, 1.82) is 0 Å². The quantitative estimate of drug-likeness (QED) is 0.858. The second-order valence-electron chi connectivity index (χ2n) is 3.93. The molecule has 3 nitrogen and oxygen atoms in total. The molecule has 0 aromatic carbocycles. The van der Waals surface area contributed by atoms with Crippen LogP contribution in [0.25, 0.3) is 0 Å². The van der Waals surface area contributed by atoms with Crippen molar-refractivity contribution in [3.63, 3.8) is 0 Å². The molecule has 0 bridgehead atoms. The molecule has 0 saturated carbocycles. The normalized spacial score (nSPS) is 19.3. The van der Waals surface area contributed by atoms with Crippen LogP contribution in [0.15, 0.2) is 12.1 Å². The SMILES string of the molecule is Cc1ccc([C@H](C(=O)O)N2CCCC2)s1. The highest BCUT2D eigenvalue weighted by atomic mass is 32.1. The zero-order valence-corrected chi connectivity index (χ0v) is 9.59. The van der Waals surface area contributed by atoms with Gasteiger partial charge in [0.2, 0.25) is 0 Å². The molecule has 0 aliphatic carbocycles. The van der Waals surface area contributed by atoms with E-state index in [2.05, 4.69) is 4.90 Å². The van der Waals surface area contributed by atoms with Crippen LogP contribution in [0.2, 0.25) is 0 Å². The Bertz CT molecular complexity index is 355. The summed E-state index contributed by atoms with van der Waals surface area (Å²) in [5.41, 5.74) is 0. The predicted molar refractivity (Wildman–Crippen MR) is 60.2 cm³/mol. The van der Waals surface area contributed by atoms with E-state index in [9.17, 15) is 9.90 Å². The van der Waals surface area contributed by atoms with E-state index in [1.54, 1.807) is 11.3 Å². The number of thiophene rings is 1. The van der Waals surface area contributed by atoms with Crippen LogP contribution in [0, 0.1) is 6.92 Å². The first-order valence-electron chi connectivity index (χ1n) is 5.21. The van der Waals surface area contributed by atoms with Crippen LogP contribution in [-0.2, 0) is 4.79 Å². The van der Waals surface area contributed by atoms with Gasteiger partial charge in [-0.2, -0.15) is 0 Å². The maximum absolute atomic E-state index is 11.3. The summed E-state index contributed by atoms with van der Waals surface area (Å²) in [5.74, 6) is -0.723. The van der Waals surface area contributed by atoms with Crippen LogP contribution in [0.5, 0.6) is 0 Å². The average Bonchev–Trinajstić information content (AvgIpc) is 2.77. The molecule has 0 amide bonds. The van der Waals surface area contributed by atoms with Crippen molar-refractivity contribution in [1.82, 2.24) is 4.90 Å². The number of carbonyl (C=O) groups is 1. The molecule has 1 aliphatic rings. The molecule has 4 heteroatoms. The summed E-state index contributed by atoms with van der Waals surface area (Å²) in [5, 5.41) is 9.26. The summed E-state index contributed by atoms with van der Waals surface area (Å²) in [6.45, 7) is 3.83. The molecule has 0 unspecified atom stereocenters. The highest BCUT2D eigenvalue weighted by Crippen LogP contribution is 2.30. The topological polar surface area (TPSA) is 40.5 Å². The van der Waals surface area contributed by atoms with Gasteiger partial charge in [-0.05, 0) is 45.0 Å². The smallest absolute Gasteiger partial charge is 0.326 e. The second-order valence-corrected chi connectivity index (χ2v) is 5.25. The van der Waals surface area contributed by atoms with Gasteiger partial charge >= 0.3 is 5.97 Å². The standard InChI is InChI=1S/C11H15NO2S/c1-8-4-5-9(15-8)10(11(13)14)12-6-2-3-7-12/h4-5,10H,2-3,6-7H2,1H3,(H,13,14)/t10-/m1/s1. The lowest BCUT2D eigenvalue weighted by molar-refractivity contribution is -0.143. The van der Waals surface area contributed by atoms with Gasteiger partial charge in [-0.3, -0.25) is 9.69 Å². The number of carboxylic acid groups (broad SMARTS) is 1. The Kier molecular flexibility index (Phi) is 3.07. The molecule has 2 rings (SSSR count). The number of aryl methyl sites for hydroxylation is 1. The zero-order chi connectivity index (χ0) is 10.8. The summed E-state index contributed by atoms with van der Waals surface area (Å²) in [6, 6.07) is 3.51. The number of hydrogen-bond donors (Lipinski definition) is 1. The van der Waals surface area contributed by atoms with E-state index in [1.807, 2.05) is 19.1 Å². The molecular weight excluding hydrogens is 210 g/mol. The van der Waals surface area contributed by atoms with Crippen molar-refractivity contribution in [2.24, 2.45) is 0 Å². The Labute approximate surface area is 93.3 Å². The fourth-order valence-electron chi connectivity index (χ4n) is 2.06. The van der Waals surface area contributed by atoms with Crippen LogP contribution in [0.3, 0.4) is 0 Å². The Morgan fingerprint density at radius 3 is 2.60 bits per heavy atom. The molecule has 1 aromatic heterocycles. The molecule has 0 radical (unpaired) electrons. The molecule has 1 atom stereocenters. The molecule has 1 N–H and O–H groups in total. The third-order valence-electron chi connectivity index (χ3n) is 2.77. The molecule has 1 aliphatic heterocycles. The van der Waals surface area contributed by atoms with Gasteiger partial charge < -0.3 is 5.11 Å². The number of carboxylic acids is 1. The van der Waals surface area contributed by atoms with Crippen LogP contribution < -0.4 is 0 Å². The molecule has 1 aromatic rings. The molecule has 2 heterocycles. The van der Waals surface area contributed by atoms with Crippen LogP contribution >= 0.6 is 11.3 Å². The number of aliphatic carboxylic acids is 1. The first-order valence-corrected chi connectivity index (χ1v) is 6.03. The van der Waals surface area contributed by atoms with Crippen LogP contribution in [-0.4, -0.2) is 29.1 Å². The van der Waals surface area contributed by atoms with E-state index in [0.717, 1.165) is 30.8 Å². The first kappa shape index (κ1) is 10.6. The van der Waals surface area contributed by atoms with E-state index in [4.69, 9.17) is 0 Å². The number of rotatable bonds is 3.